The van der Waals surface area contributed by atoms with Crippen LogP contribution >= 0.6 is 39.1 Å². The smallest absolute Gasteiger partial charge is 0.264 e. The van der Waals surface area contributed by atoms with Crippen molar-refractivity contribution in [2.75, 3.05) is 4.72 Å². The maximum Gasteiger partial charge on any atom is 0.264 e. The van der Waals surface area contributed by atoms with Gasteiger partial charge in [-0.2, -0.15) is 0 Å². The molecule has 0 radical (unpaired) electrons. The number of benzene rings is 1. The van der Waals surface area contributed by atoms with Gasteiger partial charge < -0.3 is 4.57 Å². The van der Waals surface area contributed by atoms with Crippen LogP contribution in [0.1, 0.15) is 0 Å². The van der Waals surface area contributed by atoms with E-state index in [9.17, 15) is 13.2 Å². The number of sulfonamides is 1. The van der Waals surface area contributed by atoms with Gasteiger partial charge in [-0.05, 0) is 18.2 Å². The van der Waals surface area contributed by atoms with Crippen molar-refractivity contribution < 1.29 is 8.42 Å². The predicted molar refractivity (Wildman–Crippen MR) is 86.7 cm³/mol. The van der Waals surface area contributed by atoms with Gasteiger partial charge in [0.1, 0.15) is 4.90 Å². The van der Waals surface area contributed by atoms with Gasteiger partial charge in [-0.15, -0.1) is 0 Å². The third kappa shape index (κ3) is 3.60. The molecule has 0 saturated heterocycles. The summed E-state index contributed by atoms with van der Waals surface area (Å²) in [6.45, 7) is 0. The summed E-state index contributed by atoms with van der Waals surface area (Å²) in [4.78, 5) is 11.1. The fourth-order valence-corrected chi connectivity index (χ4v) is 4.63. The second-order valence-corrected chi connectivity index (χ2v) is 7.52. The van der Waals surface area contributed by atoms with Crippen molar-refractivity contribution in [1.29, 1.82) is 0 Å². The van der Waals surface area contributed by atoms with Gasteiger partial charge in [0.25, 0.3) is 10.0 Å². The van der Waals surface area contributed by atoms with Crippen molar-refractivity contribution in [1.82, 2.24) is 4.57 Å². The summed E-state index contributed by atoms with van der Waals surface area (Å²) >= 11 is 15.1. The Morgan fingerprint density at radius 1 is 1.19 bits per heavy atom. The number of aryl methyl sites for hydroxylation is 1. The van der Waals surface area contributed by atoms with Gasteiger partial charge in [0.2, 0.25) is 5.56 Å². The molecule has 1 heterocycles. The first-order valence-corrected chi connectivity index (χ1v) is 8.58. The molecule has 0 aliphatic rings. The Labute approximate surface area is 139 Å². The van der Waals surface area contributed by atoms with E-state index in [1.54, 1.807) is 0 Å². The molecule has 1 N–H and O–H groups in total. The molecule has 0 bridgehead atoms. The van der Waals surface area contributed by atoms with Crippen LogP contribution in [0.5, 0.6) is 0 Å². The lowest BCUT2D eigenvalue weighted by molar-refractivity contribution is 0.601. The first-order chi connectivity index (χ1) is 9.70. The first kappa shape index (κ1) is 16.4. The Morgan fingerprint density at radius 2 is 1.76 bits per heavy atom. The highest BCUT2D eigenvalue weighted by molar-refractivity contribution is 9.10. The molecule has 1 aromatic heterocycles. The van der Waals surface area contributed by atoms with E-state index in [-0.39, 0.29) is 26.2 Å². The summed E-state index contributed by atoms with van der Waals surface area (Å²) in [5.74, 6) is 0. The number of halogens is 3. The second-order valence-electron chi connectivity index (χ2n) is 4.17. The number of nitrogens with zero attached hydrogens (tertiary/aromatic N) is 1. The monoisotopic (exact) mass is 410 g/mol. The van der Waals surface area contributed by atoms with Crippen LogP contribution in [0.2, 0.25) is 10.0 Å². The Balaban J connectivity index is 2.48. The van der Waals surface area contributed by atoms with E-state index >= 15 is 0 Å². The van der Waals surface area contributed by atoms with Crippen molar-refractivity contribution in [3.05, 3.63) is 55.3 Å². The molecule has 1 aromatic carbocycles. The lowest BCUT2D eigenvalue weighted by Crippen LogP contribution is -2.18. The van der Waals surface area contributed by atoms with Crippen molar-refractivity contribution >= 4 is 54.8 Å². The van der Waals surface area contributed by atoms with Crippen LogP contribution in [-0.4, -0.2) is 13.0 Å². The summed E-state index contributed by atoms with van der Waals surface area (Å²) in [7, 11) is -2.46. The van der Waals surface area contributed by atoms with Crippen molar-refractivity contribution in [3.63, 3.8) is 0 Å². The van der Waals surface area contributed by atoms with E-state index in [4.69, 9.17) is 23.2 Å². The molecule has 21 heavy (non-hydrogen) atoms. The number of rotatable bonds is 3. The summed E-state index contributed by atoms with van der Waals surface area (Å²) < 4.78 is 28.9. The molecule has 0 saturated carbocycles. The average Bonchev–Trinajstić information content (AvgIpc) is 2.31. The molecule has 2 aromatic rings. The SMILES string of the molecule is Cn1cc(NS(=O)(=O)c2c(Cl)cc(Br)cc2Cl)ccc1=O. The molecular formula is C12H9BrCl2N2O3S. The van der Waals surface area contributed by atoms with Crippen LogP contribution in [0, 0.1) is 0 Å². The summed E-state index contributed by atoms with van der Waals surface area (Å²) in [6, 6.07) is 5.48. The lowest BCUT2D eigenvalue weighted by Gasteiger charge is -2.12. The van der Waals surface area contributed by atoms with Crippen LogP contribution in [0.3, 0.4) is 0 Å². The van der Waals surface area contributed by atoms with Crippen LogP contribution in [-0.2, 0) is 17.1 Å². The van der Waals surface area contributed by atoms with E-state index in [0.717, 1.165) is 0 Å². The highest BCUT2D eigenvalue weighted by Crippen LogP contribution is 2.33. The van der Waals surface area contributed by atoms with Gasteiger partial charge in [-0.25, -0.2) is 8.42 Å². The van der Waals surface area contributed by atoms with Gasteiger partial charge in [-0.3, -0.25) is 9.52 Å². The van der Waals surface area contributed by atoms with Crippen molar-refractivity contribution in [3.8, 4) is 0 Å². The standard InChI is InChI=1S/C12H9BrCl2N2O3S/c1-17-6-8(2-3-11(17)18)16-21(19,20)12-9(14)4-7(13)5-10(12)15/h2-6,16H,1H3. The highest BCUT2D eigenvalue weighted by atomic mass is 79.9. The molecule has 2 rings (SSSR count). The zero-order chi connectivity index (χ0) is 15.8. The Kier molecular flexibility index (Phi) is 4.67. The third-order valence-corrected chi connectivity index (χ3v) is 5.33. The fraction of sp³-hybridized carbons (Fsp3) is 0.0833. The first-order valence-electron chi connectivity index (χ1n) is 5.55. The van der Waals surface area contributed by atoms with Gasteiger partial charge in [-0.1, -0.05) is 39.1 Å². The molecule has 9 heteroatoms. The Bertz CT molecular complexity index is 842. The van der Waals surface area contributed by atoms with E-state index in [1.807, 2.05) is 0 Å². The zero-order valence-corrected chi connectivity index (χ0v) is 14.5. The molecular weight excluding hydrogens is 403 g/mol. The van der Waals surface area contributed by atoms with Crippen LogP contribution in [0.4, 0.5) is 5.69 Å². The minimum atomic E-state index is -3.97. The Morgan fingerprint density at radius 3 is 2.29 bits per heavy atom. The highest BCUT2D eigenvalue weighted by Gasteiger charge is 2.22. The second kappa shape index (κ2) is 6.00. The van der Waals surface area contributed by atoms with E-state index in [1.165, 1.54) is 42.1 Å². The average molecular weight is 412 g/mol. The number of nitrogens with one attached hydrogen (secondary N) is 1. The van der Waals surface area contributed by atoms with Gasteiger partial charge in [0.05, 0.1) is 15.7 Å². The van der Waals surface area contributed by atoms with Crippen LogP contribution < -0.4 is 10.3 Å². The summed E-state index contributed by atoms with van der Waals surface area (Å²) in [5, 5.41) is -0.0154. The normalized spacial score (nSPS) is 11.4. The molecule has 0 fully saturated rings. The van der Waals surface area contributed by atoms with Gasteiger partial charge in [0, 0.05) is 23.8 Å². The minimum Gasteiger partial charge on any atom is -0.316 e. The number of anilines is 1. The maximum absolute atomic E-state index is 12.4. The molecule has 0 unspecified atom stereocenters. The quantitative estimate of drug-likeness (QED) is 0.842. The zero-order valence-electron chi connectivity index (χ0n) is 10.6. The number of hydrogen-bond acceptors (Lipinski definition) is 3. The van der Waals surface area contributed by atoms with E-state index < -0.39 is 10.0 Å². The van der Waals surface area contributed by atoms with Gasteiger partial charge in [0.15, 0.2) is 0 Å². The maximum atomic E-state index is 12.4. The molecule has 0 spiro atoms. The molecule has 112 valence electrons. The van der Waals surface area contributed by atoms with Crippen molar-refractivity contribution in [2.24, 2.45) is 7.05 Å². The third-order valence-electron chi connectivity index (χ3n) is 2.57. The molecule has 5 nitrogen and oxygen atoms in total. The topological polar surface area (TPSA) is 68.2 Å². The lowest BCUT2D eigenvalue weighted by atomic mass is 10.4. The fourth-order valence-electron chi connectivity index (χ4n) is 1.65. The number of hydrogen-bond donors (Lipinski definition) is 1. The van der Waals surface area contributed by atoms with Gasteiger partial charge >= 0.3 is 0 Å². The minimum absolute atomic E-state index is 0.00769. The largest absolute Gasteiger partial charge is 0.316 e. The van der Waals surface area contributed by atoms with E-state index in [2.05, 4.69) is 20.7 Å². The number of pyridine rings is 1. The molecule has 0 amide bonds. The Hall–Kier alpha value is -1.02. The summed E-state index contributed by atoms with van der Waals surface area (Å²) in [6.07, 6.45) is 1.36. The molecule has 0 atom stereocenters. The summed E-state index contributed by atoms with van der Waals surface area (Å²) in [5.41, 5.74) is -0.0233. The number of aromatic nitrogens is 1. The van der Waals surface area contributed by atoms with Crippen LogP contribution in [0.15, 0.2) is 44.6 Å². The molecule has 0 aliphatic heterocycles. The van der Waals surface area contributed by atoms with Crippen LogP contribution in [0.25, 0.3) is 0 Å². The van der Waals surface area contributed by atoms with E-state index in [0.29, 0.717) is 4.47 Å². The predicted octanol–water partition coefficient (Wildman–Crippen LogP) is 3.26. The van der Waals surface area contributed by atoms with Crippen molar-refractivity contribution in [2.45, 2.75) is 4.90 Å². The molecule has 0 aliphatic carbocycles.